The number of aliphatic hydroxyl groups excluding tert-OH is 1. The molecule has 1 aromatic heterocycles. The number of aliphatic imine (C=N–C) groups is 1. The minimum atomic E-state index is -0.563. The Labute approximate surface area is 139 Å². The molecule has 118 valence electrons. The third-order valence-electron chi connectivity index (χ3n) is 3.51. The van der Waals surface area contributed by atoms with Gasteiger partial charge in [-0.2, -0.15) is 11.8 Å². The standard InChI is InChI=1S/C14H22ClN3OS2/c1-16-14(17-8-10-4-6-20-7-5-10)18-9-11(19)12-2-3-13(15)21-12/h2-3,10-11,19H,4-9H2,1H3,(H2,16,17,18). The molecule has 1 aliphatic heterocycles. The van der Waals surface area contributed by atoms with E-state index < -0.39 is 6.10 Å². The number of thioether (sulfide) groups is 1. The Balaban J connectivity index is 1.72. The highest BCUT2D eigenvalue weighted by Gasteiger charge is 2.15. The van der Waals surface area contributed by atoms with Crippen molar-refractivity contribution < 1.29 is 5.11 Å². The van der Waals surface area contributed by atoms with Gasteiger partial charge in [0, 0.05) is 25.0 Å². The average Bonchev–Trinajstić information content (AvgIpc) is 2.95. The molecule has 7 heteroatoms. The number of rotatable bonds is 5. The molecule has 1 aromatic rings. The van der Waals surface area contributed by atoms with Crippen LogP contribution < -0.4 is 10.6 Å². The third-order valence-corrected chi connectivity index (χ3v) is 5.89. The molecule has 1 saturated heterocycles. The van der Waals surface area contributed by atoms with Gasteiger partial charge in [0.2, 0.25) is 0 Å². The van der Waals surface area contributed by atoms with Gasteiger partial charge in [-0.1, -0.05) is 11.6 Å². The van der Waals surface area contributed by atoms with Gasteiger partial charge in [0.1, 0.15) is 6.10 Å². The van der Waals surface area contributed by atoms with Crippen molar-refractivity contribution in [3.05, 3.63) is 21.3 Å². The number of hydrogen-bond donors (Lipinski definition) is 3. The lowest BCUT2D eigenvalue weighted by Crippen LogP contribution is -2.41. The fourth-order valence-electron chi connectivity index (χ4n) is 2.21. The first kappa shape index (κ1) is 16.9. The van der Waals surface area contributed by atoms with Gasteiger partial charge in [-0.15, -0.1) is 11.3 Å². The number of aliphatic hydroxyl groups is 1. The van der Waals surface area contributed by atoms with E-state index in [9.17, 15) is 5.11 Å². The summed E-state index contributed by atoms with van der Waals surface area (Å²) in [6.45, 7) is 1.37. The van der Waals surface area contributed by atoms with Gasteiger partial charge in [-0.25, -0.2) is 0 Å². The van der Waals surface area contributed by atoms with Crippen LogP contribution in [0.3, 0.4) is 0 Å². The van der Waals surface area contributed by atoms with Gasteiger partial charge in [0.15, 0.2) is 5.96 Å². The molecule has 3 N–H and O–H groups in total. The smallest absolute Gasteiger partial charge is 0.191 e. The van der Waals surface area contributed by atoms with E-state index >= 15 is 0 Å². The molecule has 0 aromatic carbocycles. The molecular formula is C14H22ClN3OS2. The molecule has 0 spiro atoms. The summed E-state index contributed by atoms with van der Waals surface area (Å²) in [6.07, 6.45) is 1.97. The summed E-state index contributed by atoms with van der Waals surface area (Å²) in [5.41, 5.74) is 0. The minimum Gasteiger partial charge on any atom is -0.386 e. The summed E-state index contributed by atoms with van der Waals surface area (Å²) < 4.78 is 0.696. The van der Waals surface area contributed by atoms with Gasteiger partial charge in [-0.05, 0) is 42.4 Å². The molecule has 0 radical (unpaired) electrons. The van der Waals surface area contributed by atoms with Crippen LogP contribution in [0.15, 0.2) is 17.1 Å². The lowest BCUT2D eigenvalue weighted by molar-refractivity contribution is 0.184. The van der Waals surface area contributed by atoms with Crippen molar-refractivity contribution in [2.75, 3.05) is 31.6 Å². The van der Waals surface area contributed by atoms with Crippen molar-refractivity contribution in [1.82, 2.24) is 10.6 Å². The monoisotopic (exact) mass is 347 g/mol. The molecule has 0 saturated carbocycles. The molecule has 21 heavy (non-hydrogen) atoms. The van der Waals surface area contributed by atoms with E-state index in [0.29, 0.717) is 10.9 Å². The Morgan fingerprint density at radius 1 is 1.43 bits per heavy atom. The number of thiophene rings is 1. The molecule has 0 amide bonds. The van der Waals surface area contributed by atoms with Crippen LogP contribution in [0.1, 0.15) is 23.8 Å². The van der Waals surface area contributed by atoms with E-state index in [4.69, 9.17) is 11.6 Å². The molecule has 2 heterocycles. The molecule has 2 rings (SSSR count). The second-order valence-electron chi connectivity index (χ2n) is 5.05. The summed E-state index contributed by atoms with van der Waals surface area (Å²) in [6, 6.07) is 3.66. The first-order valence-electron chi connectivity index (χ1n) is 7.14. The van der Waals surface area contributed by atoms with Gasteiger partial charge >= 0.3 is 0 Å². The fraction of sp³-hybridized carbons (Fsp3) is 0.643. The van der Waals surface area contributed by atoms with Gasteiger partial charge in [0.25, 0.3) is 0 Å². The van der Waals surface area contributed by atoms with Gasteiger partial charge in [0.05, 0.1) is 4.34 Å². The summed E-state index contributed by atoms with van der Waals surface area (Å²) in [4.78, 5) is 5.07. The minimum absolute atomic E-state index is 0.428. The lowest BCUT2D eigenvalue weighted by Gasteiger charge is -2.23. The molecule has 4 nitrogen and oxygen atoms in total. The van der Waals surface area contributed by atoms with Crippen molar-refractivity contribution >= 4 is 40.7 Å². The zero-order valence-electron chi connectivity index (χ0n) is 12.1. The summed E-state index contributed by atoms with van der Waals surface area (Å²) in [5, 5.41) is 16.6. The van der Waals surface area contributed by atoms with E-state index in [1.165, 1.54) is 35.7 Å². The Bertz CT molecular complexity index is 461. The summed E-state index contributed by atoms with van der Waals surface area (Å²) in [7, 11) is 1.75. The first-order valence-corrected chi connectivity index (χ1v) is 9.49. The van der Waals surface area contributed by atoms with E-state index in [0.717, 1.165) is 23.3 Å². The second-order valence-corrected chi connectivity index (χ2v) is 8.02. The number of nitrogens with one attached hydrogen (secondary N) is 2. The van der Waals surface area contributed by atoms with Crippen LogP contribution >= 0.6 is 34.7 Å². The summed E-state index contributed by atoms with van der Waals surface area (Å²) >= 11 is 9.32. The lowest BCUT2D eigenvalue weighted by atomic mass is 10.0. The van der Waals surface area contributed by atoms with Crippen LogP contribution in [-0.4, -0.2) is 42.7 Å². The van der Waals surface area contributed by atoms with Crippen molar-refractivity contribution in [2.24, 2.45) is 10.9 Å². The SMILES string of the molecule is CN=C(NCC1CCSCC1)NCC(O)c1ccc(Cl)s1. The topological polar surface area (TPSA) is 56.7 Å². The van der Waals surface area contributed by atoms with E-state index in [2.05, 4.69) is 15.6 Å². The van der Waals surface area contributed by atoms with Crippen LogP contribution in [0, 0.1) is 5.92 Å². The Morgan fingerprint density at radius 2 is 2.19 bits per heavy atom. The molecule has 0 bridgehead atoms. The molecule has 1 aliphatic rings. The number of guanidine groups is 1. The van der Waals surface area contributed by atoms with Crippen molar-refractivity contribution in [3.8, 4) is 0 Å². The Hall–Kier alpha value is -0.430. The number of halogens is 1. The molecule has 0 aliphatic carbocycles. The number of nitrogens with zero attached hydrogens (tertiary/aromatic N) is 1. The van der Waals surface area contributed by atoms with Crippen LogP contribution in [-0.2, 0) is 0 Å². The van der Waals surface area contributed by atoms with Crippen LogP contribution in [0.2, 0.25) is 4.34 Å². The van der Waals surface area contributed by atoms with Gasteiger partial charge in [-0.3, -0.25) is 4.99 Å². The van der Waals surface area contributed by atoms with Gasteiger partial charge < -0.3 is 15.7 Å². The Kier molecular flexibility index (Phi) is 7.16. The molecule has 1 fully saturated rings. The number of hydrogen-bond acceptors (Lipinski definition) is 4. The molecule has 1 atom stereocenters. The zero-order chi connectivity index (χ0) is 15.1. The largest absolute Gasteiger partial charge is 0.386 e. The molecular weight excluding hydrogens is 326 g/mol. The molecule has 1 unspecified atom stereocenters. The van der Waals surface area contributed by atoms with E-state index in [-0.39, 0.29) is 0 Å². The quantitative estimate of drug-likeness (QED) is 0.566. The van der Waals surface area contributed by atoms with Crippen LogP contribution in [0.25, 0.3) is 0 Å². The highest BCUT2D eigenvalue weighted by molar-refractivity contribution is 7.99. The van der Waals surface area contributed by atoms with Crippen molar-refractivity contribution in [1.29, 1.82) is 0 Å². The predicted molar refractivity (Wildman–Crippen MR) is 93.7 cm³/mol. The van der Waals surface area contributed by atoms with E-state index in [1.807, 2.05) is 17.8 Å². The predicted octanol–water partition coefficient (Wildman–Crippen LogP) is 2.74. The summed E-state index contributed by atoms with van der Waals surface area (Å²) in [5.74, 6) is 3.99. The average molecular weight is 348 g/mol. The Morgan fingerprint density at radius 3 is 2.81 bits per heavy atom. The highest BCUT2D eigenvalue weighted by Crippen LogP contribution is 2.26. The van der Waals surface area contributed by atoms with E-state index in [1.54, 1.807) is 13.1 Å². The maximum absolute atomic E-state index is 10.1. The highest BCUT2D eigenvalue weighted by atomic mass is 35.5. The maximum atomic E-state index is 10.1. The second kappa shape index (κ2) is 8.88. The normalized spacial score (nSPS) is 18.5. The maximum Gasteiger partial charge on any atom is 0.191 e. The fourth-order valence-corrected chi connectivity index (χ4v) is 4.46. The van der Waals surface area contributed by atoms with Crippen LogP contribution in [0.4, 0.5) is 0 Å². The third kappa shape index (κ3) is 5.70. The zero-order valence-corrected chi connectivity index (χ0v) is 14.5. The van der Waals surface area contributed by atoms with Crippen molar-refractivity contribution in [2.45, 2.75) is 18.9 Å². The van der Waals surface area contributed by atoms with Crippen LogP contribution in [0.5, 0.6) is 0 Å². The van der Waals surface area contributed by atoms with Crippen molar-refractivity contribution in [3.63, 3.8) is 0 Å². The first-order chi connectivity index (χ1) is 10.2.